The molecule has 21 heavy (non-hydrogen) atoms. The van der Waals surface area contributed by atoms with Crippen molar-refractivity contribution in [3.05, 3.63) is 30.3 Å². The van der Waals surface area contributed by atoms with Gasteiger partial charge in [-0.3, -0.25) is 14.5 Å². The van der Waals surface area contributed by atoms with Crippen LogP contribution in [0, 0.1) is 0 Å². The van der Waals surface area contributed by atoms with E-state index >= 15 is 0 Å². The predicted molar refractivity (Wildman–Crippen MR) is 80.0 cm³/mol. The first-order valence-corrected chi connectivity index (χ1v) is 7.47. The number of rotatable bonds is 8. The second kappa shape index (κ2) is 7.78. The summed E-state index contributed by atoms with van der Waals surface area (Å²) in [7, 11) is 0. The Balaban J connectivity index is 1.65. The molecule has 114 valence electrons. The van der Waals surface area contributed by atoms with Gasteiger partial charge in [0, 0.05) is 6.54 Å². The number of hydrogen-bond acceptors (Lipinski definition) is 4. The summed E-state index contributed by atoms with van der Waals surface area (Å²) in [5.74, 6) is 0.685. The number of likely N-dealkylation sites (tertiary alicyclic amines) is 1. The number of carbonyl (C=O) groups is 2. The van der Waals surface area contributed by atoms with E-state index in [-0.39, 0.29) is 24.3 Å². The normalized spacial score (nSPS) is 18.3. The van der Waals surface area contributed by atoms with E-state index in [0.717, 1.165) is 18.6 Å². The van der Waals surface area contributed by atoms with Gasteiger partial charge < -0.3 is 10.1 Å². The maximum absolute atomic E-state index is 12.0. The Bertz CT molecular complexity index is 476. The SMILES string of the molecule is CCCN1C(=O)CC(NCCCOc2ccccc2)C1=O. The van der Waals surface area contributed by atoms with Crippen LogP contribution in [0.3, 0.4) is 0 Å². The maximum Gasteiger partial charge on any atom is 0.246 e. The third-order valence-corrected chi connectivity index (χ3v) is 3.41. The highest BCUT2D eigenvalue weighted by Crippen LogP contribution is 2.13. The molecule has 1 N–H and O–H groups in total. The molecule has 0 spiro atoms. The molecule has 1 unspecified atom stereocenters. The smallest absolute Gasteiger partial charge is 0.246 e. The van der Waals surface area contributed by atoms with Crippen molar-refractivity contribution in [3.8, 4) is 5.75 Å². The highest BCUT2D eigenvalue weighted by molar-refractivity contribution is 6.05. The molecule has 1 aromatic rings. The number of imide groups is 1. The monoisotopic (exact) mass is 290 g/mol. The number of hydrogen-bond donors (Lipinski definition) is 1. The largest absolute Gasteiger partial charge is 0.494 e. The van der Waals surface area contributed by atoms with E-state index in [4.69, 9.17) is 4.74 Å². The molecule has 5 nitrogen and oxygen atoms in total. The van der Waals surface area contributed by atoms with Crippen LogP contribution in [0.1, 0.15) is 26.2 Å². The molecule has 2 amide bonds. The van der Waals surface area contributed by atoms with Crippen molar-refractivity contribution in [2.24, 2.45) is 0 Å². The highest BCUT2D eigenvalue weighted by atomic mass is 16.5. The van der Waals surface area contributed by atoms with Crippen LogP contribution in [0.15, 0.2) is 30.3 Å². The molecule has 0 saturated carbocycles. The summed E-state index contributed by atoms with van der Waals surface area (Å²) in [6.45, 7) is 3.73. The first kappa shape index (κ1) is 15.5. The minimum atomic E-state index is -0.360. The molecule has 5 heteroatoms. The summed E-state index contributed by atoms with van der Waals surface area (Å²) in [5, 5.41) is 3.14. The number of nitrogens with zero attached hydrogens (tertiary/aromatic N) is 1. The number of para-hydroxylation sites is 1. The number of nitrogens with one attached hydrogen (secondary N) is 1. The summed E-state index contributed by atoms with van der Waals surface area (Å²) < 4.78 is 5.58. The highest BCUT2D eigenvalue weighted by Gasteiger charge is 2.37. The Morgan fingerprint density at radius 3 is 2.76 bits per heavy atom. The summed E-state index contributed by atoms with van der Waals surface area (Å²) in [6, 6.07) is 9.27. The van der Waals surface area contributed by atoms with Crippen LogP contribution in [0.5, 0.6) is 5.75 Å². The Morgan fingerprint density at radius 1 is 1.29 bits per heavy atom. The number of carbonyl (C=O) groups excluding carboxylic acids is 2. The molecule has 0 bridgehead atoms. The van der Waals surface area contributed by atoms with Crippen LogP contribution in [0.2, 0.25) is 0 Å². The van der Waals surface area contributed by atoms with Gasteiger partial charge in [0.1, 0.15) is 5.75 Å². The zero-order valence-corrected chi connectivity index (χ0v) is 12.4. The van der Waals surface area contributed by atoms with Gasteiger partial charge in [-0.05, 0) is 31.5 Å². The van der Waals surface area contributed by atoms with Crippen LogP contribution in [-0.4, -0.2) is 42.5 Å². The number of benzene rings is 1. The fraction of sp³-hybridized carbons (Fsp3) is 0.500. The topological polar surface area (TPSA) is 58.6 Å². The van der Waals surface area contributed by atoms with Crippen molar-refractivity contribution in [3.63, 3.8) is 0 Å². The van der Waals surface area contributed by atoms with Gasteiger partial charge in [0.25, 0.3) is 0 Å². The average Bonchev–Trinajstić information content (AvgIpc) is 2.76. The summed E-state index contributed by atoms with van der Waals surface area (Å²) in [4.78, 5) is 25.1. The van der Waals surface area contributed by atoms with Gasteiger partial charge in [-0.15, -0.1) is 0 Å². The number of ether oxygens (including phenoxy) is 1. The molecule has 1 atom stereocenters. The summed E-state index contributed by atoms with van der Waals surface area (Å²) >= 11 is 0. The van der Waals surface area contributed by atoms with Crippen molar-refractivity contribution in [1.29, 1.82) is 0 Å². The van der Waals surface area contributed by atoms with Gasteiger partial charge in [-0.2, -0.15) is 0 Å². The molecule has 2 rings (SSSR count). The lowest BCUT2D eigenvalue weighted by Crippen LogP contribution is -2.39. The van der Waals surface area contributed by atoms with E-state index in [0.29, 0.717) is 19.7 Å². The lowest BCUT2D eigenvalue weighted by atomic mass is 10.2. The second-order valence-electron chi connectivity index (χ2n) is 5.11. The third kappa shape index (κ3) is 4.29. The first-order valence-electron chi connectivity index (χ1n) is 7.47. The van der Waals surface area contributed by atoms with Crippen molar-refractivity contribution in [2.45, 2.75) is 32.2 Å². The fourth-order valence-electron chi connectivity index (χ4n) is 2.36. The summed E-state index contributed by atoms with van der Waals surface area (Å²) in [5.41, 5.74) is 0. The Labute approximate surface area is 125 Å². The van der Waals surface area contributed by atoms with Gasteiger partial charge in [0.05, 0.1) is 19.1 Å². The molecule has 0 aliphatic carbocycles. The Hall–Kier alpha value is -1.88. The fourth-order valence-corrected chi connectivity index (χ4v) is 2.36. The average molecular weight is 290 g/mol. The van der Waals surface area contributed by atoms with Gasteiger partial charge in [0.2, 0.25) is 11.8 Å². The number of amides is 2. The Morgan fingerprint density at radius 2 is 2.05 bits per heavy atom. The predicted octanol–water partition coefficient (Wildman–Crippen LogP) is 1.58. The van der Waals surface area contributed by atoms with Gasteiger partial charge in [0.15, 0.2) is 0 Å². The third-order valence-electron chi connectivity index (χ3n) is 3.41. The van der Waals surface area contributed by atoms with Crippen molar-refractivity contribution < 1.29 is 14.3 Å². The minimum Gasteiger partial charge on any atom is -0.494 e. The van der Waals surface area contributed by atoms with Gasteiger partial charge in [-0.1, -0.05) is 25.1 Å². The minimum absolute atomic E-state index is 0.0696. The molecular weight excluding hydrogens is 268 g/mol. The molecule has 0 aromatic heterocycles. The van der Waals surface area contributed by atoms with E-state index in [1.54, 1.807) is 0 Å². The molecule has 1 aliphatic heterocycles. The molecular formula is C16H22N2O3. The van der Waals surface area contributed by atoms with Crippen LogP contribution < -0.4 is 10.1 Å². The standard InChI is InChI=1S/C16H22N2O3/c1-2-10-18-15(19)12-14(16(18)20)17-9-6-11-21-13-7-4-3-5-8-13/h3-5,7-8,14,17H,2,6,9-12H2,1H3. The van der Waals surface area contributed by atoms with E-state index in [1.807, 2.05) is 37.3 Å². The molecule has 1 aromatic carbocycles. The maximum atomic E-state index is 12.0. The van der Waals surface area contributed by atoms with Crippen LogP contribution in [0.25, 0.3) is 0 Å². The second-order valence-corrected chi connectivity index (χ2v) is 5.11. The van der Waals surface area contributed by atoms with E-state index in [9.17, 15) is 9.59 Å². The molecule has 1 heterocycles. The summed E-state index contributed by atoms with van der Waals surface area (Å²) in [6.07, 6.45) is 1.87. The van der Waals surface area contributed by atoms with E-state index < -0.39 is 0 Å². The zero-order valence-electron chi connectivity index (χ0n) is 12.4. The van der Waals surface area contributed by atoms with Crippen LogP contribution in [0.4, 0.5) is 0 Å². The molecule has 1 fully saturated rings. The first-order chi connectivity index (χ1) is 10.2. The van der Waals surface area contributed by atoms with Crippen molar-refractivity contribution in [1.82, 2.24) is 10.2 Å². The van der Waals surface area contributed by atoms with Gasteiger partial charge in [-0.25, -0.2) is 0 Å². The van der Waals surface area contributed by atoms with Crippen LogP contribution >= 0.6 is 0 Å². The zero-order chi connectivity index (χ0) is 15.1. The lowest BCUT2D eigenvalue weighted by Gasteiger charge is -2.14. The quantitative estimate of drug-likeness (QED) is 0.583. The van der Waals surface area contributed by atoms with Crippen molar-refractivity contribution in [2.75, 3.05) is 19.7 Å². The van der Waals surface area contributed by atoms with E-state index in [1.165, 1.54) is 4.90 Å². The molecule has 0 radical (unpaired) electrons. The molecule has 1 saturated heterocycles. The molecule has 1 aliphatic rings. The van der Waals surface area contributed by atoms with Gasteiger partial charge >= 0.3 is 0 Å². The Kier molecular flexibility index (Phi) is 5.75. The van der Waals surface area contributed by atoms with E-state index in [2.05, 4.69) is 5.32 Å². The lowest BCUT2D eigenvalue weighted by molar-refractivity contribution is -0.138. The van der Waals surface area contributed by atoms with Crippen molar-refractivity contribution >= 4 is 11.8 Å². The van der Waals surface area contributed by atoms with Crippen LogP contribution in [-0.2, 0) is 9.59 Å².